The van der Waals surface area contributed by atoms with Gasteiger partial charge >= 0.3 is 0 Å². The summed E-state index contributed by atoms with van der Waals surface area (Å²) >= 11 is 0. The summed E-state index contributed by atoms with van der Waals surface area (Å²) in [5, 5.41) is 4.10. The molecule has 2 unspecified atom stereocenters. The molecule has 1 saturated carbocycles. The van der Waals surface area contributed by atoms with E-state index in [1.54, 1.807) is 0 Å². The summed E-state index contributed by atoms with van der Waals surface area (Å²) in [4.78, 5) is 46.6. The van der Waals surface area contributed by atoms with Gasteiger partial charge in [0.25, 0.3) is 0 Å². The lowest BCUT2D eigenvalue weighted by Crippen LogP contribution is -2.59. The Kier molecular flexibility index (Phi) is 10.2. The third-order valence-electron chi connectivity index (χ3n) is 8.34. The van der Waals surface area contributed by atoms with Crippen LogP contribution in [0.2, 0.25) is 0 Å². The molecule has 0 radical (unpaired) electrons. The molecule has 2 atom stereocenters. The van der Waals surface area contributed by atoms with E-state index in [1.807, 2.05) is 47.2 Å². The molecule has 1 aromatic heterocycles. The van der Waals surface area contributed by atoms with Crippen LogP contribution in [0.4, 0.5) is 0 Å². The zero-order valence-electron chi connectivity index (χ0n) is 22.9. The highest BCUT2D eigenvalue weighted by Gasteiger charge is 2.34. The standard InChI is InChI=1S/C30H45N5O3/c1-22-21-34(17-18-35(22)29(37)15-14-23-9-4-5-10-23)30(38)27(33-28(36)13-3-2-8-16-31)19-24-20-32-26-12-7-6-11-25(24)26/h6-7,11-12,20,22-23,27,32H,2-5,8-10,13-19,21,31H2,1H3,(H,33,36). The summed E-state index contributed by atoms with van der Waals surface area (Å²) in [5.74, 6) is 0.725. The van der Waals surface area contributed by atoms with Crippen molar-refractivity contribution in [3.63, 3.8) is 0 Å². The van der Waals surface area contributed by atoms with Gasteiger partial charge in [-0.25, -0.2) is 0 Å². The fourth-order valence-electron chi connectivity index (χ4n) is 6.11. The second kappa shape index (κ2) is 13.8. The minimum atomic E-state index is -0.645. The number of rotatable bonds is 12. The molecule has 3 amide bonds. The van der Waals surface area contributed by atoms with E-state index in [0.29, 0.717) is 51.4 Å². The molecule has 2 aliphatic rings. The van der Waals surface area contributed by atoms with Gasteiger partial charge in [-0.1, -0.05) is 50.3 Å². The van der Waals surface area contributed by atoms with Gasteiger partial charge < -0.3 is 25.8 Å². The van der Waals surface area contributed by atoms with E-state index in [2.05, 4.69) is 10.3 Å². The fourth-order valence-corrected chi connectivity index (χ4v) is 6.11. The van der Waals surface area contributed by atoms with E-state index < -0.39 is 6.04 Å². The highest BCUT2D eigenvalue weighted by Crippen LogP contribution is 2.29. The van der Waals surface area contributed by atoms with Gasteiger partial charge in [-0.3, -0.25) is 14.4 Å². The maximum absolute atomic E-state index is 13.8. The molecule has 8 heteroatoms. The van der Waals surface area contributed by atoms with E-state index in [9.17, 15) is 14.4 Å². The van der Waals surface area contributed by atoms with Gasteiger partial charge in [0.2, 0.25) is 17.7 Å². The van der Waals surface area contributed by atoms with E-state index in [4.69, 9.17) is 5.73 Å². The number of H-pyrrole nitrogens is 1. The van der Waals surface area contributed by atoms with Gasteiger partial charge in [0.05, 0.1) is 0 Å². The fraction of sp³-hybridized carbons (Fsp3) is 0.633. The van der Waals surface area contributed by atoms with Crippen LogP contribution in [0.3, 0.4) is 0 Å². The number of nitrogens with one attached hydrogen (secondary N) is 2. The molecular formula is C30H45N5O3. The Morgan fingerprint density at radius 1 is 1.08 bits per heavy atom. The first kappa shape index (κ1) is 28.1. The SMILES string of the molecule is CC1CN(C(=O)C(Cc2c[nH]c3ccccc23)NC(=O)CCCCCN)CCN1C(=O)CCC1CCCC1. The highest BCUT2D eigenvalue weighted by atomic mass is 16.2. The van der Waals surface area contributed by atoms with Crippen LogP contribution in [0, 0.1) is 5.92 Å². The van der Waals surface area contributed by atoms with Crippen LogP contribution in [0.5, 0.6) is 0 Å². The number of amides is 3. The molecule has 0 spiro atoms. The number of aromatic nitrogens is 1. The Bertz CT molecular complexity index is 1080. The predicted molar refractivity (Wildman–Crippen MR) is 150 cm³/mol. The van der Waals surface area contributed by atoms with Crippen molar-refractivity contribution in [1.29, 1.82) is 0 Å². The van der Waals surface area contributed by atoms with Gasteiger partial charge in [-0.05, 0) is 50.3 Å². The number of carbonyl (C=O) groups excluding carboxylic acids is 3. The van der Waals surface area contributed by atoms with Gasteiger partial charge in [-0.15, -0.1) is 0 Å². The number of carbonyl (C=O) groups is 3. The summed E-state index contributed by atoms with van der Waals surface area (Å²) in [6, 6.07) is 7.32. The number of para-hydroxylation sites is 1. The summed E-state index contributed by atoms with van der Waals surface area (Å²) in [6.07, 6.45) is 12.0. The number of aromatic amines is 1. The molecular weight excluding hydrogens is 478 g/mol. The summed E-state index contributed by atoms with van der Waals surface area (Å²) in [5.41, 5.74) is 7.60. The van der Waals surface area contributed by atoms with Crippen LogP contribution in [0.1, 0.15) is 76.7 Å². The van der Waals surface area contributed by atoms with E-state index in [-0.39, 0.29) is 23.8 Å². The maximum Gasteiger partial charge on any atom is 0.245 e. The molecule has 2 fully saturated rings. The lowest BCUT2D eigenvalue weighted by molar-refractivity contribution is -0.144. The number of fused-ring (bicyclic) bond motifs is 1. The number of hydrogen-bond donors (Lipinski definition) is 3. The molecule has 8 nitrogen and oxygen atoms in total. The summed E-state index contributed by atoms with van der Waals surface area (Å²) < 4.78 is 0. The van der Waals surface area contributed by atoms with Crippen molar-refractivity contribution < 1.29 is 14.4 Å². The summed E-state index contributed by atoms with van der Waals surface area (Å²) in [6.45, 7) is 4.18. The molecule has 0 bridgehead atoms. The second-order valence-corrected chi connectivity index (χ2v) is 11.2. The lowest BCUT2D eigenvalue weighted by atomic mass is 10.0. The molecule has 208 valence electrons. The van der Waals surface area contributed by atoms with Crippen LogP contribution in [-0.4, -0.2) is 70.8 Å². The predicted octanol–water partition coefficient (Wildman–Crippen LogP) is 3.74. The third-order valence-corrected chi connectivity index (χ3v) is 8.34. The van der Waals surface area contributed by atoms with Gasteiger partial charge in [0, 0.05) is 62.0 Å². The maximum atomic E-state index is 13.8. The van der Waals surface area contributed by atoms with Crippen molar-refractivity contribution in [2.75, 3.05) is 26.2 Å². The Balaban J connectivity index is 1.38. The van der Waals surface area contributed by atoms with Gasteiger partial charge in [-0.2, -0.15) is 0 Å². The van der Waals surface area contributed by atoms with Crippen molar-refractivity contribution in [1.82, 2.24) is 20.1 Å². The number of benzene rings is 1. The number of hydrogen-bond acceptors (Lipinski definition) is 4. The molecule has 4 N–H and O–H groups in total. The third kappa shape index (κ3) is 7.37. The average molecular weight is 524 g/mol. The van der Waals surface area contributed by atoms with Crippen LogP contribution >= 0.6 is 0 Å². The minimum Gasteiger partial charge on any atom is -0.361 e. The first-order valence-electron chi connectivity index (χ1n) is 14.6. The number of nitrogens with two attached hydrogens (primary N) is 1. The van der Waals surface area contributed by atoms with Gasteiger partial charge in [0.15, 0.2) is 0 Å². The van der Waals surface area contributed by atoms with Crippen molar-refractivity contribution in [2.45, 2.75) is 89.6 Å². The first-order valence-corrected chi connectivity index (χ1v) is 14.6. The monoisotopic (exact) mass is 523 g/mol. The molecule has 38 heavy (non-hydrogen) atoms. The molecule has 1 aliphatic heterocycles. The normalized spacial score (nSPS) is 19.2. The smallest absolute Gasteiger partial charge is 0.245 e. The van der Waals surface area contributed by atoms with Crippen molar-refractivity contribution in [3.8, 4) is 0 Å². The Hall–Kier alpha value is -2.87. The molecule has 2 aromatic rings. The topological polar surface area (TPSA) is 112 Å². The van der Waals surface area contributed by atoms with E-state index in [1.165, 1.54) is 25.7 Å². The van der Waals surface area contributed by atoms with E-state index in [0.717, 1.165) is 42.1 Å². The zero-order valence-corrected chi connectivity index (χ0v) is 22.9. The molecule has 4 rings (SSSR count). The van der Waals surface area contributed by atoms with Crippen LogP contribution in [0.25, 0.3) is 10.9 Å². The zero-order chi connectivity index (χ0) is 26.9. The average Bonchev–Trinajstić information content (AvgIpc) is 3.59. The number of piperazine rings is 1. The molecule has 1 aromatic carbocycles. The lowest BCUT2D eigenvalue weighted by Gasteiger charge is -2.41. The van der Waals surface area contributed by atoms with Crippen molar-refractivity contribution in [2.24, 2.45) is 11.7 Å². The highest BCUT2D eigenvalue weighted by molar-refractivity contribution is 5.90. The molecule has 2 heterocycles. The Morgan fingerprint density at radius 2 is 1.87 bits per heavy atom. The molecule has 1 saturated heterocycles. The van der Waals surface area contributed by atoms with E-state index >= 15 is 0 Å². The van der Waals surface area contributed by atoms with Crippen LogP contribution < -0.4 is 11.1 Å². The number of unbranched alkanes of at least 4 members (excludes halogenated alkanes) is 2. The Labute approximate surface area is 226 Å². The van der Waals surface area contributed by atoms with Crippen LogP contribution in [-0.2, 0) is 20.8 Å². The van der Waals surface area contributed by atoms with Crippen molar-refractivity contribution >= 4 is 28.6 Å². The van der Waals surface area contributed by atoms with Crippen molar-refractivity contribution in [3.05, 3.63) is 36.0 Å². The Morgan fingerprint density at radius 3 is 2.63 bits per heavy atom. The quantitative estimate of drug-likeness (QED) is 0.368. The first-order chi connectivity index (χ1) is 18.5. The van der Waals surface area contributed by atoms with Gasteiger partial charge in [0.1, 0.15) is 6.04 Å². The molecule has 1 aliphatic carbocycles. The number of nitrogens with zero attached hydrogens (tertiary/aromatic N) is 2. The largest absolute Gasteiger partial charge is 0.361 e. The van der Waals surface area contributed by atoms with Crippen LogP contribution in [0.15, 0.2) is 30.5 Å². The minimum absolute atomic E-state index is 0.0375. The second-order valence-electron chi connectivity index (χ2n) is 11.2. The summed E-state index contributed by atoms with van der Waals surface area (Å²) in [7, 11) is 0.